The molecule has 0 spiro atoms. The Morgan fingerprint density at radius 3 is 2.15 bits per heavy atom. The third-order valence-corrected chi connectivity index (χ3v) is 5.97. The normalized spacial score (nSPS) is 14.4. The second kappa shape index (κ2) is 9.30. The summed E-state index contributed by atoms with van der Waals surface area (Å²) in [5, 5.41) is 3.64. The number of benzene rings is 3. The largest absolute Gasteiger partial charge is 0.449 e. The molecule has 1 aliphatic heterocycles. The summed E-state index contributed by atoms with van der Waals surface area (Å²) in [5.74, 6) is -0.296. The van der Waals surface area contributed by atoms with E-state index in [1.54, 1.807) is 17.0 Å². The van der Waals surface area contributed by atoms with Crippen LogP contribution in [0, 0.1) is 0 Å². The standard InChI is InChI=1S/C27H25N3O3/c31-26(21-11-5-2-6-12-21)28-24-22-13-7-8-14-23(22)33-25(24)27(32)30-17-15-29(16-18-30)19-20-9-3-1-4-10-20/h1-14H,15-19H2,(H,28,31). The van der Waals surface area contributed by atoms with Gasteiger partial charge in [0.2, 0.25) is 5.76 Å². The van der Waals surface area contributed by atoms with Gasteiger partial charge in [0, 0.05) is 43.7 Å². The molecule has 6 nitrogen and oxygen atoms in total. The molecule has 0 saturated carbocycles. The molecule has 0 radical (unpaired) electrons. The van der Waals surface area contributed by atoms with Gasteiger partial charge in [-0.05, 0) is 29.8 Å². The molecular weight excluding hydrogens is 414 g/mol. The van der Waals surface area contributed by atoms with Crippen LogP contribution >= 0.6 is 0 Å². The molecule has 0 atom stereocenters. The molecule has 6 heteroatoms. The number of hydrogen-bond acceptors (Lipinski definition) is 4. The molecule has 1 aromatic heterocycles. The predicted octanol–water partition coefficient (Wildman–Crippen LogP) is 4.64. The van der Waals surface area contributed by atoms with Crippen LogP contribution in [0.4, 0.5) is 5.69 Å². The number of piperazine rings is 1. The maximum Gasteiger partial charge on any atom is 0.291 e. The smallest absolute Gasteiger partial charge is 0.291 e. The zero-order chi connectivity index (χ0) is 22.6. The Labute approximate surface area is 192 Å². The molecule has 1 saturated heterocycles. The van der Waals surface area contributed by atoms with Crippen molar-refractivity contribution in [1.82, 2.24) is 9.80 Å². The number of nitrogens with zero attached hydrogens (tertiary/aromatic N) is 2. The fourth-order valence-electron chi connectivity index (χ4n) is 4.19. The van der Waals surface area contributed by atoms with Crippen LogP contribution in [0.1, 0.15) is 26.5 Å². The Bertz CT molecular complexity index is 1260. The van der Waals surface area contributed by atoms with E-state index in [1.165, 1.54) is 5.56 Å². The van der Waals surface area contributed by atoms with Gasteiger partial charge >= 0.3 is 0 Å². The first-order valence-electron chi connectivity index (χ1n) is 11.1. The average molecular weight is 440 g/mol. The summed E-state index contributed by atoms with van der Waals surface area (Å²) in [6, 6.07) is 26.7. The molecule has 1 N–H and O–H groups in total. The Morgan fingerprint density at radius 1 is 0.788 bits per heavy atom. The first kappa shape index (κ1) is 21.0. The molecule has 5 rings (SSSR count). The topological polar surface area (TPSA) is 65.8 Å². The highest BCUT2D eigenvalue weighted by atomic mass is 16.3. The second-order valence-corrected chi connectivity index (χ2v) is 8.18. The Balaban J connectivity index is 1.34. The van der Waals surface area contributed by atoms with Crippen LogP contribution in [0.15, 0.2) is 89.3 Å². The number of nitrogens with one attached hydrogen (secondary N) is 1. The number of para-hydroxylation sites is 1. The molecule has 0 unspecified atom stereocenters. The molecule has 0 aliphatic carbocycles. The summed E-state index contributed by atoms with van der Waals surface area (Å²) in [4.78, 5) is 30.4. The third kappa shape index (κ3) is 4.52. The van der Waals surface area contributed by atoms with Crippen LogP contribution in [-0.2, 0) is 6.54 Å². The Morgan fingerprint density at radius 2 is 1.42 bits per heavy atom. The molecule has 2 amide bonds. The lowest BCUT2D eigenvalue weighted by Crippen LogP contribution is -2.48. The van der Waals surface area contributed by atoms with Gasteiger partial charge in [0.25, 0.3) is 11.8 Å². The van der Waals surface area contributed by atoms with Gasteiger partial charge in [0.1, 0.15) is 11.3 Å². The minimum absolute atomic E-state index is 0.178. The molecular formula is C27H25N3O3. The lowest BCUT2D eigenvalue weighted by molar-refractivity contribution is 0.0601. The molecule has 1 fully saturated rings. The quantitative estimate of drug-likeness (QED) is 0.492. The van der Waals surface area contributed by atoms with Crippen molar-refractivity contribution < 1.29 is 14.0 Å². The summed E-state index contributed by atoms with van der Waals surface area (Å²) in [6.45, 7) is 3.65. The van der Waals surface area contributed by atoms with Gasteiger partial charge in [0.05, 0.1) is 0 Å². The van der Waals surface area contributed by atoms with Crippen molar-refractivity contribution in [2.24, 2.45) is 0 Å². The highest BCUT2D eigenvalue weighted by Gasteiger charge is 2.29. The molecule has 3 aromatic carbocycles. The Kier molecular flexibility index (Phi) is 5.91. The zero-order valence-corrected chi connectivity index (χ0v) is 18.2. The van der Waals surface area contributed by atoms with Crippen LogP contribution in [0.25, 0.3) is 11.0 Å². The van der Waals surface area contributed by atoms with E-state index in [9.17, 15) is 9.59 Å². The van der Waals surface area contributed by atoms with Crippen LogP contribution in [0.5, 0.6) is 0 Å². The summed E-state index contributed by atoms with van der Waals surface area (Å²) in [7, 11) is 0. The van der Waals surface area contributed by atoms with E-state index in [4.69, 9.17) is 4.42 Å². The van der Waals surface area contributed by atoms with Crippen molar-refractivity contribution in [1.29, 1.82) is 0 Å². The number of carbonyl (C=O) groups is 2. The van der Waals surface area contributed by atoms with Crippen molar-refractivity contribution in [2.45, 2.75) is 6.54 Å². The number of fused-ring (bicyclic) bond motifs is 1. The van der Waals surface area contributed by atoms with Gasteiger partial charge in [-0.25, -0.2) is 0 Å². The SMILES string of the molecule is O=C(Nc1c(C(=O)N2CCN(Cc3ccccc3)CC2)oc2ccccc12)c1ccccc1. The first-order valence-corrected chi connectivity index (χ1v) is 11.1. The van der Waals surface area contributed by atoms with Crippen LogP contribution in [0.3, 0.4) is 0 Å². The molecule has 166 valence electrons. The highest BCUT2D eigenvalue weighted by molar-refractivity contribution is 6.14. The molecule has 1 aliphatic rings. The van der Waals surface area contributed by atoms with E-state index in [2.05, 4.69) is 22.3 Å². The zero-order valence-electron chi connectivity index (χ0n) is 18.2. The van der Waals surface area contributed by atoms with Crippen molar-refractivity contribution in [3.63, 3.8) is 0 Å². The molecule has 0 bridgehead atoms. The number of anilines is 1. The van der Waals surface area contributed by atoms with E-state index in [0.717, 1.165) is 19.6 Å². The van der Waals surface area contributed by atoms with Gasteiger partial charge in [-0.3, -0.25) is 14.5 Å². The summed E-state index contributed by atoms with van der Waals surface area (Å²) in [5.41, 5.74) is 2.79. The highest BCUT2D eigenvalue weighted by Crippen LogP contribution is 2.32. The van der Waals surface area contributed by atoms with E-state index < -0.39 is 0 Å². The van der Waals surface area contributed by atoms with Crippen molar-refractivity contribution >= 4 is 28.5 Å². The number of furan rings is 1. The van der Waals surface area contributed by atoms with Gasteiger partial charge < -0.3 is 14.6 Å². The molecule has 33 heavy (non-hydrogen) atoms. The number of carbonyl (C=O) groups excluding carboxylic acids is 2. The minimum atomic E-state index is -0.274. The fourth-order valence-corrected chi connectivity index (χ4v) is 4.19. The molecule has 2 heterocycles. The first-order chi connectivity index (χ1) is 16.2. The fraction of sp³-hybridized carbons (Fsp3) is 0.185. The van der Waals surface area contributed by atoms with Crippen molar-refractivity contribution in [2.75, 3.05) is 31.5 Å². The van der Waals surface area contributed by atoms with Crippen LogP contribution in [-0.4, -0.2) is 47.8 Å². The second-order valence-electron chi connectivity index (χ2n) is 8.18. The summed E-state index contributed by atoms with van der Waals surface area (Å²) < 4.78 is 5.95. The van der Waals surface area contributed by atoms with E-state index >= 15 is 0 Å². The lowest BCUT2D eigenvalue weighted by Gasteiger charge is -2.34. The van der Waals surface area contributed by atoms with E-state index in [0.29, 0.717) is 35.3 Å². The monoisotopic (exact) mass is 439 g/mol. The van der Waals surface area contributed by atoms with Gasteiger partial charge in [0.15, 0.2) is 0 Å². The maximum absolute atomic E-state index is 13.4. The Hall–Kier alpha value is -3.90. The maximum atomic E-state index is 13.4. The van der Waals surface area contributed by atoms with Gasteiger partial charge in [-0.1, -0.05) is 60.7 Å². The van der Waals surface area contributed by atoms with Gasteiger partial charge in [-0.2, -0.15) is 0 Å². The van der Waals surface area contributed by atoms with Gasteiger partial charge in [-0.15, -0.1) is 0 Å². The van der Waals surface area contributed by atoms with Crippen LogP contribution in [0.2, 0.25) is 0 Å². The number of rotatable bonds is 5. The third-order valence-electron chi connectivity index (χ3n) is 5.97. The lowest BCUT2D eigenvalue weighted by atomic mass is 10.1. The summed E-state index contributed by atoms with van der Waals surface area (Å²) in [6.07, 6.45) is 0. The number of amides is 2. The van der Waals surface area contributed by atoms with Crippen molar-refractivity contribution in [3.05, 3.63) is 102 Å². The van der Waals surface area contributed by atoms with Crippen molar-refractivity contribution in [3.8, 4) is 0 Å². The predicted molar refractivity (Wildman–Crippen MR) is 128 cm³/mol. The van der Waals surface area contributed by atoms with E-state index in [1.807, 2.05) is 60.7 Å². The van der Waals surface area contributed by atoms with E-state index in [-0.39, 0.29) is 17.6 Å². The average Bonchev–Trinajstić information content (AvgIpc) is 3.23. The number of hydrogen-bond donors (Lipinski definition) is 1. The van der Waals surface area contributed by atoms with Crippen LogP contribution < -0.4 is 5.32 Å². The summed E-state index contributed by atoms with van der Waals surface area (Å²) >= 11 is 0. The molecule has 4 aromatic rings. The minimum Gasteiger partial charge on any atom is -0.449 e.